The summed E-state index contributed by atoms with van der Waals surface area (Å²) in [6.07, 6.45) is 0. The zero-order chi connectivity index (χ0) is 17.5. The number of para-hydroxylation sites is 1. The summed E-state index contributed by atoms with van der Waals surface area (Å²) in [6.45, 7) is 1.31. The van der Waals surface area contributed by atoms with E-state index in [1.54, 1.807) is 30.3 Å². The molecule has 0 saturated carbocycles. The average molecular weight is 390 g/mol. The Morgan fingerprint density at radius 1 is 1.00 bits per heavy atom. The Hall–Kier alpha value is -2.18. The van der Waals surface area contributed by atoms with Crippen LogP contribution in [0.3, 0.4) is 0 Å². The molecule has 5 nitrogen and oxygen atoms in total. The number of nitrogens with zero attached hydrogens (tertiary/aromatic N) is 1. The molecule has 6 heteroatoms. The van der Waals surface area contributed by atoms with E-state index in [2.05, 4.69) is 26.6 Å². The van der Waals surface area contributed by atoms with Gasteiger partial charge in [0.15, 0.2) is 0 Å². The Morgan fingerprint density at radius 2 is 1.67 bits per heavy atom. The summed E-state index contributed by atoms with van der Waals surface area (Å²) in [7, 11) is 3.89. The Bertz CT molecular complexity index is 732. The molecule has 126 valence electrons. The van der Waals surface area contributed by atoms with Gasteiger partial charge in [-0.3, -0.25) is 9.59 Å². The highest BCUT2D eigenvalue weighted by molar-refractivity contribution is 9.10. The number of nitrogens with one attached hydrogen (secondary N) is 2. The van der Waals surface area contributed by atoms with Crippen LogP contribution >= 0.6 is 15.9 Å². The van der Waals surface area contributed by atoms with Crippen molar-refractivity contribution in [3.05, 3.63) is 64.1 Å². The van der Waals surface area contributed by atoms with Crippen molar-refractivity contribution in [2.75, 3.05) is 32.5 Å². The molecular weight excluding hydrogens is 370 g/mol. The molecule has 0 bridgehead atoms. The molecule has 0 aliphatic rings. The predicted molar refractivity (Wildman–Crippen MR) is 99.4 cm³/mol. The van der Waals surface area contributed by atoms with Crippen molar-refractivity contribution in [1.82, 2.24) is 10.2 Å². The minimum Gasteiger partial charge on any atom is -0.351 e. The number of likely N-dealkylation sites (N-methyl/N-ethyl adjacent to an activating group) is 1. The third-order valence-electron chi connectivity index (χ3n) is 3.35. The molecule has 2 aromatic carbocycles. The SMILES string of the molecule is CN(C)CCNC(=O)c1cccc(C(=O)Nc2ccccc2Br)c1. The normalized spacial score (nSPS) is 10.5. The molecule has 0 aromatic heterocycles. The van der Waals surface area contributed by atoms with Crippen LogP contribution in [0.15, 0.2) is 53.0 Å². The summed E-state index contributed by atoms with van der Waals surface area (Å²) in [5, 5.41) is 5.66. The molecular formula is C18H20BrN3O2. The first-order valence-electron chi connectivity index (χ1n) is 7.56. The van der Waals surface area contributed by atoms with Crippen molar-refractivity contribution in [2.45, 2.75) is 0 Å². The van der Waals surface area contributed by atoms with Gasteiger partial charge in [0.1, 0.15) is 0 Å². The molecule has 0 unspecified atom stereocenters. The van der Waals surface area contributed by atoms with Gasteiger partial charge in [0.05, 0.1) is 5.69 Å². The number of carbonyl (C=O) groups excluding carboxylic acids is 2. The van der Waals surface area contributed by atoms with Gasteiger partial charge in [-0.2, -0.15) is 0 Å². The number of benzene rings is 2. The third kappa shape index (κ3) is 5.18. The molecule has 2 N–H and O–H groups in total. The molecule has 0 heterocycles. The Morgan fingerprint density at radius 3 is 2.33 bits per heavy atom. The smallest absolute Gasteiger partial charge is 0.255 e. The summed E-state index contributed by atoms with van der Waals surface area (Å²) < 4.78 is 0.802. The highest BCUT2D eigenvalue weighted by Crippen LogP contribution is 2.22. The molecule has 0 aliphatic heterocycles. The zero-order valence-electron chi connectivity index (χ0n) is 13.7. The number of hydrogen-bond acceptors (Lipinski definition) is 3. The lowest BCUT2D eigenvalue weighted by atomic mass is 10.1. The molecule has 2 amide bonds. The van der Waals surface area contributed by atoms with Gasteiger partial charge >= 0.3 is 0 Å². The van der Waals surface area contributed by atoms with E-state index >= 15 is 0 Å². The van der Waals surface area contributed by atoms with E-state index in [9.17, 15) is 9.59 Å². The Labute approximate surface area is 150 Å². The monoisotopic (exact) mass is 389 g/mol. The molecule has 0 spiro atoms. The van der Waals surface area contributed by atoms with Crippen molar-refractivity contribution < 1.29 is 9.59 Å². The van der Waals surface area contributed by atoms with E-state index in [1.807, 2.05) is 37.2 Å². The molecule has 24 heavy (non-hydrogen) atoms. The van der Waals surface area contributed by atoms with Crippen LogP contribution in [-0.4, -0.2) is 43.9 Å². The summed E-state index contributed by atoms with van der Waals surface area (Å²) in [6, 6.07) is 14.0. The van der Waals surface area contributed by atoms with E-state index in [0.29, 0.717) is 23.4 Å². The number of rotatable bonds is 6. The summed E-state index contributed by atoms with van der Waals surface area (Å²) in [4.78, 5) is 26.5. The van der Waals surface area contributed by atoms with E-state index < -0.39 is 0 Å². The van der Waals surface area contributed by atoms with Crippen LogP contribution in [0.2, 0.25) is 0 Å². The molecule has 0 saturated heterocycles. The fourth-order valence-corrected chi connectivity index (χ4v) is 2.44. The first kappa shape index (κ1) is 18.2. The van der Waals surface area contributed by atoms with Gasteiger partial charge in [-0.25, -0.2) is 0 Å². The molecule has 0 aliphatic carbocycles. The second kappa shape index (κ2) is 8.61. The molecule has 0 atom stereocenters. The van der Waals surface area contributed by atoms with Gasteiger partial charge < -0.3 is 15.5 Å². The van der Waals surface area contributed by atoms with Crippen molar-refractivity contribution in [3.8, 4) is 0 Å². The first-order chi connectivity index (χ1) is 11.5. The van der Waals surface area contributed by atoms with Gasteiger partial charge in [-0.15, -0.1) is 0 Å². The highest BCUT2D eigenvalue weighted by Gasteiger charge is 2.11. The van der Waals surface area contributed by atoms with Gasteiger partial charge in [-0.1, -0.05) is 18.2 Å². The van der Waals surface area contributed by atoms with Crippen LogP contribution in [0.1, 0.15) is 20.7 Å². The van der Waals surface area contributed by atoms with Gasteiger partial charge in [-0.05, 0) is 60.4 Å². The lowest BCUT2D eigenvalue weighted by Crippen LogP contribution is -2.31. The summed E-state index contributed by atoms with van der Waals surface area (Å²) in [5.41, 5.74) is 1.59. The van der Waals surface area contributed by atoms with Crippen molar-refractivity contribution in [2.24, 2.45) is 0 Å². The molecule has 2 aromatic rings. The highest BCUT2D eigenvalue weighted by atomic mass is 79.9. The fourth-order valence-electron chi connectivity index (χ4n) is 2.05. The standard InChI is InChI=1S/C18H20BrN3O2/c1-22(2)11-10-20-17(23)13-6-5-7-14(12-13)18(24)21-16-9-4-3-8-15(16)19/h3-9,12H,10-11H2,1-2H3,(H,20,23)(H,21,24). The molecule has 2 rings (SSSR count). The van der Waals surface area contributed by atoms with Crippen LogP contribution in [0.4, 0.5) is 5.69 Å². The number of halogens is 1. The van der Waals surface area contributed by atoms with Gasteiger partial charge in [0.25, 0.3) is 11.8 Å². The second-order valence-electron chi connectivity index (χ2n) is 5.57. The van der Waals surface area contributed by atoms with Crippen molar-refractivity contribution >= 4 is 33.4 Å². The van der Waals surface area contributed by atoms with Gasteiger partial charge in [0.2, 0.25) is 0 Å². The number of anilines is 1. The predicted octanol–water partition coefficient (Wildman–Crippen LogP) is 2.99. The van der Waals surface area contributed by atoms with Crippen LogP contribution < -0.4 is 10.6 Å². The second-order valence-corrected chi connectivity index (χ2v) is 6.43. The van der Waals surface area contributed by atoms with Gasteiger partial charge in [0, 0.05) is 28.7 Å². The maximum absolute atomic E-state index is 12.4. The lowest BCUT2D eigenvalue weighted by molar-refractivity contribution is 0.0951. The zero-order valence-corrected chi connectivity index (χ0v) is 15.3. The summed E-state index contributed by atoms with van der Waals surface area (Å²) >= 11 is 3.39. The maximum Gasteiger partial charge on any atom is 0.255 e. The van der Waals surface area contributed by atoms with E-state index in [4.69, 9.17) is 0 Å². The topological polar surface area (TPSA) is 61.4 Å². The average Bonchev–Trinajstić information content (AvgIpc) is 2.56. The van der Waals surface area contributed by atoms with E-state index in [-0.39, 0.29) is 11.8 Å². The number of amides is 2. The van der Waals surface area contributed by atoms with Crippen LogP contribution in [-0.2, 0) is 0 Å². The fraction of sp³-hybridized carbons (Fsp3) is 0.222. The summed E-state index contributed by atoms with van der Waals surface area (Å²) in [5.74, 6) is -0.447. The lowest BCUT2D eigenvalue weighted by Gasteiger charge is -2.11. The van der Waals surface area contributed by atoms with Crippen LogP contribution in [0.5, 0.6) is 0 Å². The molecule has 0 fully saturated rings. The number of carbonyl (C=O) groups is 2. The Kier molecular flexibility index (Phi) is 6.52. The van der Waals surface area contributed by atoms with E-state index in [1.165, 1.54) is 0 Å². The van der Waals surface area contributed by atoms with Crippen LogP contribution in [0, 0.1) is 0 Å². The minimum absolute atomic E-state index is 0.188. The third-order valence-corrected chi connectivity index (χ3v) is 4.05. The minimum atomic E-state index is -0.259. The maximum atomic E-state index is 12.4. The van der Waals surface area contributed by atoms with Crippen molar-refractivity contribution in [3.63, 3.8) is 0 Å². The first-order valence-corrected chi connectivity index (χ1v) is 8.35. The van der Waals surface area contributed by atoms with E-state index in [0.717, 1.165) is 11.0 Å². The van der Waals surface area contributed by atoms with Crippen molar-refractivity contribution in [1.29, 1.82) is 0 Å². The Balaban J connectivity index is 2.05. The quantitative estimate of drug-likeness (QED) is 0.797. The number of hydrogen-bond donors (Lipinski definition) is 2. The van der Waals surface area contributed by atoms with Crippen LogP contribution in [0.25, 0.3) is 0 Å². The molecule has 0 radical (unpaired) electrons. The largest absolute Gasteiger partial charge is 0.351 e.